The van der Waals surface area contributed by atoms with Crippen molar-refractivity contribution < 1.29 is 14.3 Å². The molecule has 0 bridgehead atoms. The predicted octanol–water partition coefficient (Wildman–Crippen LogP) is 5.80. The van der Waals surface area contributed by atoms with Crippen LogP contribution in [-0.4, -0.2) is 29.2 Å². The number of amides is 1. The third-order valence-electron chi connectivity index (χ3n) is 5.56. The van der Waals surface area contributed by atoms with Gasteiger partial charge in [0.25, 0.3) is 5.91 Å². The summed E-state index contributed by atoms with van der Waals surface area (Å²) < 4.78 is 13.7. The van der Waals surface area contributed by atoms with Gasteiger partial charge in [-0.15, -0.1) is 17.9 Å². The Balaban J connectivity index is 1.45. The van der Waals surface area contributed by atoms with E-state index >= 15 is 0 Å². The van der Waals surface area contributed by atoms with Crippen molar-refractivity contribution in [3.63, 3.8) is 0 Å². The highest BCUT2D eigenvalue weighted by Crippen LogP contribution is 2.29. The average Bonchev–Trinajstić information content (AvgIpc) is 3.51. The highest BCUT2D eigenvalue weighted by atomic mass is 32.1. The standard InChI is InChI=1S/C27H29N3O3S/c1-4-9-20-13-14-23(24(18-20)32-3)33-16-8-15-30-22-11-6-5-10-21(22)29-26(30)19(2)28-27(31)25-12-7-17-34-25/h4-7,10-14,17-19H,1,8-9,15-16H2,2-3H3,(H,28,31). The number of fused-ring (bicyclic) bond motifs is 1. The van der Waals surface area contributed by atoms with E-state index in [1.165, 1.54) is 11.3 Å². The second-order valence-electron chi connectivity index (χ2n) is 7.96. The molecule has 176 valence electrons. The summed E-state index contributed by atoms with van der Waals surface area (Å²) in [4.78, 5) is 18.1. The molecule has 0 saturated carbocycles. The van der Waals surface area contributed by atoms with E-state index < -0.39 is 0 Å². The number of nitrogens with zero attached hydrogens (tertiary/aromatic N) is 2. The van der Waals surface area contributed by atoms with E-state index in [0.29, 0.717) is 18.0 Å². The maximum absolute atomic E-state index is 12.6. The quantitative estimate of drug-likeness (QED) is 0.220. The Morgan fingerprint density at radius 3 is 2.82 bits per heavy atom. The Labute approximate surface area is 203 Å². The fraction of sp³-hybridized carbons (Fsp3) is 0.259. The number of carbonyl (C=O) groups is 1. The number of methoxy groups -OCH3 is 1. The second-order valence-corrected chi connectivity index (χ2v) is 8.91. The number of carbonyl (C=O) groups excluding carboxylic acids is 1. The van der Waals surface area contributed by atoms with Crippen molar-refractivity contribution in [2.45, 2.75) is 32.4 Å². The zero-order chi connectivity index (χ0) is 23.9. The number of allylic oxidation sites excluding steroid dienone is 1. The van der Waals surface area contributed by atoms with Crippen LogP contribution in [0.3, 0.4) is 0 Å². The van der Waals surface area contributed by atoms with Gasteiger partial charge < -0.3 is 19.4 Å². The molecular weight excluding hydrogens is 446 g/mol. The molecule has 7 heteroatoms. The molecule has 0 aliphatic heterocycles. The molecule has 1 unspecified atom stereocenters. The third kappa shape index (κ3) is 5.31. The number of imidazole rings is 1. The minimum absolute atomic E-state index is 0.0866. The molecule has 0 radical (unpaired) electrons. The van der Waals surface area contributed by atoms with Crippen LogP contribution in [0.2, 0.25) is 0 Å². The number of aromatic nitrogens is 2. The maximum Gasteiger partial charge on any atom is 0.261 e. The molecule has 34 heavy (non-hydrogen) atoms. The zero-order valence-corrected chi connectivity index (χ0v) is 20.3. The van der Waals surface area contributed by atoms with Gasteiger partial charge in [0.2, 0.25) is 0 Å². The van der Waals surface area contributed by atoms with Crippen molar-refractivity contribution in [3.05, 3.63) is 88.9 Å². The zero-order valence-electron chi connectivity index (χ0n) is 19.5. The summed E-state index contributed by atoms with van der Waals surface area (Å²) in [6, 6.07) is 17.5. The minimum Gasteiger partial charge on any atom is -0.493 e. The minimum atomic E-state index is -0.236. The van der Waals surface area contributed by atoms with Crippen LogP contribution in [0.25, 0.3) is 11.0 Å². The molecule has 0 fully saturated rings. The highest BCUT2D eigenvalue weighted by Gasteiger charge is 2.19. The van der Waals surface area contributed by atoms with Crippen molar-refractivity contribution in [1.82, 2.24) is 14.9 Å². The lowest BCUT2D eigenvalue weighted by atomic mass is 10.1. The molecule has 4 rings (SSSR count). The number of aryl methyl sites for hydroxylation is 1. The number of thiophene rings is 1. The molecule has 1 atom stereocenters. The van der Waals surface area contributed by atoms with Crippen LogP contribution >= 0.6 is 11.3 Å². The number of para-hydroxylation sites is 2. The molecule has 1 N–H and O–H groups in total. The van der Waals surface area contributed by atoms with Crippen LogP contribution in [-0.2, 0) is 13.0 Å². The molecule has 2 heterocycles. The summed E-state index contributed by atoms with van der Waals surface area (Å²) in [7, 11) is 1.65. The lowest BCUT2D eigenvalue weighted by Crippen LogP contribution is -2.28. The SMILES string of the molecule is C=CCc1ccc(OCCCn2c(C(C)NC(=O)c3cccs3)nc3ccccc32)c(OC)c1. The van der Waals surface area contributed by atoms with E-state index in [-0.39, 0.29) is 11.9 Å². The van der Waals surface area contributed by atoms with Crippen LogP contribution in [0.15, 0.2) is 72.6 Å². The van der Waals surface area contributed by atoms with Gasteiger partial charge in [0.15, 0.2) is 11.5 Å². The first-order valence-corrected chi connectivity index (χ1v) is 12.2. The molecule has 0 saturated heterocycles. The number of rotatable bonds is 11. The first-order chi connectivity index (χ1) is 16.6. The van der Waals surface area contributed by atoms with Crippen molar-refractivity contribution in [3.8, 4) is 11.5 Å². The molecule has 0 spiro atoms. The lowest BCUT2D eigenvalue weighted by molar-refractivity contribution is 0.0941. The summed E-state index contributed by atoms with van der Waals surface area (Å²) in [5.41, 5.74) is 3.09. The Hall–Kier alpha value is -3.58. The summed E-state index contributed by atoms with van der Waals surface area (Å²) in [6.45, 7) is 7.00. The average molecular weight is 476 g/mol. The van der Waals surface area contributed by atoms with E-state index in [9.17, 15) is 4.79 Å². The largest absolute Gasteiger partial charge is 0.493 e. The highest BCUT2D eigenvalue weighted by molar-refractivity contribution is 7.12. The summed E-state index contributed by atoms with van der Waals surface area (Å²) >= 11 is 1.43. The first-order valence-electron chi connectivity index (χ1n) is 11.3. The molecule has 4 aromatic rings. The Morgan fingerprint density at radius 2 is 2.06 bits per heavy atom. The van der Waals surface area contributed by atoms with Gasteiger partial charge in [-0.1, -0.05) is 30.3 Å². The monoisotopic (exact) mass is 475 g/mol. The van der Waals surface area contributed by atoms with Gasteiger partial charge >= 0.3 is 0 Å². The lowest BCUT2D eigenvalue weighted by Gasteiger charge is -2.17. The van der Waals surface area contributed by atoms with Gasteiger partial charge in [-0.2, -0.15) is 0 Å². The maximum atomic E-state index is 12.6. The fourth-order valence-electron chi connectivity index (χ4n) is 3.93. The van der Waals surface area contributed by atoms with Crippen LogP contribution in [0.5, 0.6) is 11.5 Å². The third-order valence-corrected chi connectivity index (χ3v) is 6.42. The summed E-state index contributed by atoms with van der Waals surface area (Å²) in [5.74, 6) is 2.19. The van der Waals surface area contributed by atoms with E-state index in [0.717, 1.165) is 46.8 Å². The summed E-state index contributed by atoms with van der Waals surface area (Å²) in [6.07, 6.45) is 3.43. The number of hydrogen-bond acceptors (Lipinski definition) is 5. The second kappa shape index (κ2) is 11.0. The molecule has 0 aliphatic carbocycles. The van der Waals surface area contributed by atoms with Crippen LogP contribution in [0, 0.1) is 0 Å². The molecule has 2 aromatic heterocycles. The molecular formula is C27H29N3O3S. The van der Waals surface area contributed by atoms with Crippen molar-refractivity contribution in [1.29, 1.82) is 0 Å². The van der Waals surface area contributed by atoms with Crippen molar-refractivity contribution in [2.24, 2.45) is 0 Å². The fourth-order valence-corrected chi connectivity index (χ4v) is 4.56. The molecule has 2 aromatic carbocycles. The van der Waals surface area contributed by atoms with Crippen molar-refractivity contribution in [2.75, 3.05) is 13.7 Å². The smallest absolute Gasteiger partial charge is 0.261 e. The number of ether oxygens (including phenoxy) is 2. The topological polar surface area (TPSA) is 65.4 Å². The van der Waals surface area contributed by atoms with Gasteiger partial charge in [0, 0.05) is 6.54 Å². The van der Waals surface area contributed by atoms with Gasteiger partial charge in [-0.25, -0.2) is 4.98 Å². The molecule has 6 nitrogen and oxygen atoms in total. The number of benzene rings is 2. The number of hydrogen-bond donors (Lipinski definition) is 1. The first kappa shape index (κ1) is 23.6. The Bertz CT molecular complexity index is 1260. The predicted molar refractivity (Wildman–Crippen MR) is 137 cm³/mol. The van der Waals surface area contributed by atoms with E-state index in [1.807, 2.05) is 66.9 Å². The number of nitrogens with one attached hydrogen (secondary N) is 1. The molecule has 0 aliphatic rings. The summed E-state index contributed by atoms with van der Waals surface area (Å²) in [5, 5.41) is 4.98. The van der Waals surface area contributed by atoms with Crippen LogP contribution in [0.4, 0.5) is 0 Å². The Kier molecular flexibility index (Phi) is 7.65. The van der Waals surface area contributed by atoms with Gasteiger partial charge in [0.05, 0.1) is 35.7 Å². The van der Waals surface area contributed by atoms with E-state index in [1.54, 1.807) is 7.11 Å². The van der Waals surface area contributed by atoms with Crippen LogP contribution < -0.4 is 14.8 Å². The van der Waals surface area contributed by atoms with E-state index in [2.05, 4.69) is 22.5 Å². The normalized spacial score (nSPS) is 11.8. The molecule has 1 amide bonds. The van der Waals surface area contributed by atoms with Gasteiger partial charge in [-0.05, 0) is 61.0 Å². The van der Waals surface area contributed by atoms with Gasteiger partial charge in [0.1, 0.15) is 5.82 Å². The van der Waals surface area contributed by atoms with Gasteiger partial charge in [-0.3, -0.25) is 4.79 Å². The van der Waals surface area contributed by atoms with E-state index in [4.69, 9.17) is 14.5 Å². The van der Waals surface area contributed by atoms with Crippen molar-refractivity contribution >= 4 is 28.3 Å². The van der Waals surface area contributed by atoms with Crippen LogP contribution in [0.1, 0.15) is 40.4 Å². The Morgan fingerprint density at radius 1 is 1.21 bits per heavy atom.